The third-order valence-electron chi connectivity index (χ3n) is 6.25. The Bertz CT molecular complexity index is 1060. The van der Waals surface area contributed by atoms with Crippen LogP contribution in [0, 0.1) is 13.8 Å². The van der Waals surface area contributed by atoms with Crippen LogP contribution in [0.4, 0.5) is 0 Å². The van der Waals surface area contributed by atoms with Crippen LogP contribution in [0.25, 0.3) is 0 Å². The minimum Gasteiger partial charge on any atom is -0.378 e. The molecule has 1 atom stereocenters. The molecule has 166 valence electrons. The van der Waals surface area contributed by atoms with Crippen molar-refractivity contribution in [3.05, 3.63) is 58.9 Å². The molecule has 7 nitrogen and oxygen atoms in total. The summed E-state index contributed by atoms with van der Waals surface area (Å²) in [5.41, 5.74) is 3.28. The number of ether oxygens (including phenoxy) is 1. The molecular formula is C23H29N3O4S. The summed E-state index contributed by atoms with van der Waals surface area (Å²) in [6.07, 6.45) is 3.22. The first-order valence-corrected chi connectivity index (χ1v) is 12.2. The molecule has 1 unspecified atom stereocenters. The SMILES string of the molecule is Cc1ccc(S(=O)(=O)N2CCCC(c3ncccc3C(=O)N3CCOCC3)C2)cc1C. The molecule has 2 aromatic rings. The van der Waals surface area contributed by atoms with Crippen molar-refractivity contribution in [2.45, 2.75) is 37.5 Å². The smallest absolute Gasteiger partial charge is 0.255 e. The Morgan fingerprint density at radius 2 is 1.87 bits per heavy atom. The maximum Gasteiger partial charge on any atom is 0.255 e. The highest BCUT2D eigenvalue weighted by Crippen LogP contribution is 2.32. The van der Waals surface area contributed by atoms with E-state index in [-0.39, 0.29) is 11.8 Å². The van der Waals surface area contributed by atoms with Crippen molar-refractivity contribution >= 4 is 15.9 Å². The molecule has 2 aliphatic heterocycles. The lowest BCUT2D eigenvalue weighted by Crippen LogP contribution is -2.42. The zero-order valence-corrected chi connectivity index (χ0v) is 18.9. The molecule has 1 aromatic carbocycles. The minimum atomic E-state index is -3.60. The number of nitrogens with zero attached hydrogens (tertiary/aromatic N) is 3. The van der Waals surface area contributed by atoms with Crippen LogP contribution in [-0.2, 0) is 14.8 Å². The Kier molecular flexibility index (Phi) is 6.41. The molecule has 31 heavy (non-hydrogen) atoms. The second-order valence-corrected chi connectivity index (χ2v) is 10.2. The average molecular weight is 444 g/mol. The Morgan fingerprint density at radius 1 is 1.10 bits per heavy atom. The van der Waals surface area contributed by atoms with Crippen LogP contribution in [0.5, 0.6) is 0 Å². The predicted molar refractivity (Wildman–Crippen MR) is 118 cm³/mol. The van der Waals surface area contributed by atoms with E-state index in [1.807, 2.05) is 19.9 Å². The lowest BCUT2D eigenvalue weighted by atomic mass is 9.92. The number of carbonyl (C=O) groups excluding carboxylic acids is 1. The number of morpholine rings is 1. The van der Waals surface area contributed by atoms with Gasteiger partial charge in [0.05, 0.1) is 29.4 Å². The molecule has 2 fully saturated rings. The number of aromatic nitrogens is 1. The van der Waals surface area contributed by atoms with E-state index in [2.05, 4.69) is 4.98 Å². The maximum absolute atomic E-state index is 13.3. The van der Waals surface area contributed by atoms with Crippen molar-refractivity contribution in [1.29, 1.82) is 0 Å². The molecule has 4 rings (SSSR count). The third kappa shape index (κ3) is 4.51. The lowest BCUT2D eigenvalue weighted by molar-refractivity contribution is 0.0301. The molecule has 1 amide bonds. The zero-order valence-electron chi connectivity index (χ0n) is 18.1. The van der Waals surface area contributed by atoms with Gasteiger partial charge in [0.1, 0.15) is 0 Å². The Morgan fingerprint density at radius 3 is 2.61 bits per heavy atom. The summed E-state index contributed by atoms with van der Waals surface area (Å²) in [5, 5.41) is 0. The number of sulfonamides is 1. The summed E-state index contributed by atoms with van der Waals surface area (Å²) >= 11 is 0. The molecule has 3 heterocycles. The minimum absolute atomic E-state index is 0.0551. The van der Waals surface area contributed by atoms with E-state index >= 15 is 0 Å². The summed E-state index contributed by atoms with van der Waals surface area (Å²) < 4.78 is 33.5. The molecule has 0 spiro atoms. The third-order valence-corrected chi connectivity index (χ3v) is 8.12. The van der Waals surface area contributed by atoms with Gasteiger partial charge in [-0.05, 0) is 62.1 Å². The van der Waals surface area contributed by atoms with Gasteiger partial charge < -0.3 is 9.64 Å². The number of amides is 1. The summed E-state index contributed by atoms with van der Waals surface area (Å²) in [5.74, 6) is -0.170. The first kappa shape index (κ1) is 21.9. The van der Waals surface area contributed by atoms with Gasteiger partial charge in [0, 0.05) is 38.3 Å². The molecule has 1 aromatic heterocycles. The normalized spacial score (nSPS) is 20.6. The fourth-order valence-electron chi connectivity index (χ4n) is 4.27. The van der Waals surface area contributed by atoms with E-state index in [1.165, 1.54) is 0 Å². The van der Waals surface area contributed by atoms with E-state index in [9.17, 15) is 13.2 Å². The molecular weight excluding hydrogens is 414 g/mol. The number of piperidine rings is 1. The molecule has 0 saturated carbocycles. The summed E-state index contributed by atoms with van der Waals surface area (Å²) in [4.78, 5) is 19.8. The summed E-state index contributed by atoms with van der Waals surface area (Å²) in [6, 6.07) is 8.83. The average Bonchev–Trinajstić information content (AvgIpc) is 2.81. The van der Waals surface area contributed by atoms with E-state index in [1.54, 1.807) is 39.7 Å². The molecule has 0 N–H and O–H groups in total. The van der Waals surface area contributed by atoms with Crippen LogP contribution in [0.3, 0.4) is 0 Å². The van der Waals surface area contributed by atoms with Crippen molar-refractivity contribution in [3.8, 4) is 0 Å². The quantitative estimate of drug-likeness (QED) is 0.726. The Labute approximate surface area is 184 Å². The van der Waals surface area contributed by atoms with Crippen molar-refractivity contribution < 1.29 is 17.9 Å². The van der Waals surface area contributed by atoms with Crippen molar-refractivity contribution in [2.75, 3.05) is 39.4 Å². The largest absolute Gasteiger partial charge is 0.378 e. The number of aryl methyl sites for hydroxylation is 2. The maximum atomic E-state index is 13.3. The number of carbonyl (C=O) groups is 1. The molecule has 0 aliphatic carbocycles. The van der Waals surface area contributed by atoms with Crippen LogP contribution < -0.4 is 0 Å². The first-order valence-electron chi connectivity index (χ1n) is 10.8. The zero-order chi connectivity index (χ0) is 22.0. The highest BCUT2D eigenvalue weighted by molar-refractivity contribution is 7.89. The fraction of sp³-hybridized carbons (Fsp3) is 0.478. The Balaban J connectivity index is 1.59. The standard InChI is InChI=1S/C23H29N3O4S/c1-17-7-8-20(15-18(17)2)31(28,29)26-10-4-5-19(16-26)22-21(6-3-9-24-22)23(27)25-11-13-30-14-12-25/h3,6-9,15,19H,4-5,10-14,16H2,1-2H3. The van der Waals surface area contributed by atoms with Gasteiger partial charge in [0.25, 0.3) is 5.91 Å². The van der Waals surface area contributed by atoms with Crippen LogP contribution in [0.1, 0.15) is 45.9 Å². The van der Waals surface area contributed by atoms with E-state index < -0.39 is 10.0 Å². The van der Waals surface area contributed by atoms with Gasteiger partial charge in [0.2, 0.25) is 10.0 Å². The molecule has 2 aliphatic rings. The monoisotopic (exact) mass is 443 g/mol. The first-order chi connectivity index (χ1) is 14.9. The fourth-order valence-corrected chi connectivity index (χ4v) is 5.88. The van der Waals surface area contributed by atoms with Crippen LogP contribution in [-0.4, -0.2) is 67.9 Å². The number of hydrogen-bond donors (Lipinski definition) is 0. The molecule has 2 saturated heterocycles. The number of rotatable bonds is 4. The predicted octanol–water partition coefficient (Wildman–Crippen LogP) is 2.74. The van der Waals surface area contributed by atoms with E-state index in [4.69, 9.17) is 4.74 Å². The van der Waals surface area contributed by atoms with Gasteiger partial charge in [0.15, 0.2) is 0 Å². The molecule has 0 radical (unpaired) electrons. The lowest BCUT2D eigenvalue weighted by Gasteiger charge is -2.33. The Hall–Kier alpha value is -2.29. The number of benzene rings is 1. The topological polar surface area (TPSA) is 79.8 Å². The van der Waals surface area contributed by atoms with Crippen molar-refractivity contribution in [1.82, 2.24) is 14.2 Å². The van der Waals surface area contributed by atoms with Gasteiger partial charge in [-0.2, -0.15) is 4.31 Å². The highest BCUT2D eigenvalue weighted by Gasteiger charge is 2.34. The van der Waals surface area contributed by atoms with Crippen LogP contribution in [0.2, 0.25) is 0 Å². The molecule has 0 bridgehead atoms. The second kappa shape index (κ2) is 9.06. The van der Waals surface area contributed by atoms with Crippen LogP contribution in [0.15, 0.2) is 41.4 Å². The van der Waals surface area contributed by atoms with Crippen LogP contribution >= 0.6 is 0 Å². The second-order valence-electron chi connectivity index (χ2n) is 8.29. The van der Waals surface area contributed by atoms with Gasteiger partial charge in [-0.1, -0.05) is 6.07 Å². The number of hydrogen-bond acceptors (Lipinski definition) is 5. The van der Waals surface area contributed by atoms with Gasteiger partial charge >= 0.3 is 0 Å². The highest BCUT2D eigenvalue weighted by atomic mass is 32.2. The summed E-state index contributed by atoms with van der Waals surface area (Å²) in [6.45, 7) is 6.89. The molecule has 8 heteroatoms. The summed E-state index contributed by atoms with van der Waals surface area (Å²) in [7, 11) is -3.60. The van der Waals surface area contributed by atoms with Gasteiger partial charge in [-0.15, -0.1) is 0 Å². The van der Waals surface area contributed by atoms with Crippen molar-refractivity contribution in [2.24, 2.45) is 0 Å². The van der Waals surface area contributed by atoms with Crippen molar-refractivity contribution in [3.63, 3.8) is 0 Å². The number of pyridine rings is 1. The van der Waals surface area contributed by atoms with Gasteiger partial charge in [-0.3, -0.25) is 9.78 Å². The van der Waals surface area contributed by atoms with Gasteiger partial charge in [-0.25, -0.2) is 8.42 Å². The van der Waals surface area contributed by atoms with E-state index in [0.717, 1.165) is 24.0 Å². The van der Waals surface area contributed by atoms with E-state index in [0.29, 0.717) is 55.5 Å².